The lowest BCUT2D eigenvalue weighted by Crippen LogP contribution is -2.00. The number of alkyl halides is 1. The van der Waals surface area contributed by atoms with Gasteiger partial charge in [0.1, 0.15) is 0 Å². The number of aromatic nitrogens is 1. The van der Waals surface area contributed by atoms with Crippen LogP contribution in [0.2, 0.25) is 0 Å². The van der Waals surface area contributed by atoms with Crippen molar-refractivity contribution >= 4 is 27.5 Å². The van der Waals surface area contributed by atoms with Gasteiger partial charge in [-0.2, -0.15) is 0 Å². The molecule has 1 nitrogen and oxygen atoms in total. The third-order valence-electron chi connectivity index (χ3n) is 2.92. The minimum Gasteiger partial charge on any atom is -0.261 e. The van der Waals surface area contributed by atoms with Crippen LogP contribution in [0.25, 0.3) is 0 Å². The normalized spacial score (nSPS) is 12.4. The molecule has 0 fully saturated rings. The zero-order chi connectivity index (χ0) is 13.1. The van der Waals surface area contributed by atoms with Crippen molar-refractivity contribution in [1.29, 1.82) is 0 Å². The third kappa shape index (κ3) is 3.33. The van der Waals surface area contributed by atoms with Crippen LogP contribution in [0, 0.1) is 13.8 Å². The van der Waals surface area contributed by atoms with E-state index in [0.29, 0.717) is 0 Å². The summed E-state index contributed by atoms with van der Waals surface area (Å²) in [5.41, 5.74) is 4.60. The van der Waals surface area contributed by atoms with Crippen LogP contribution in [0.15, 0.2) is 41.0 Å². The molecular formula is C15H15BrClN. The molecular weight excluding hydrogens is 310 g/mol. The number of hydrogen-bond donors (Lipinski definition) is 0. The van der Waals surface area contributed by atoms with Crippen LogP contribution in [-0.2, 0) is 6.42 Å². The second-order valence-electron chi connectivity index (χ2n) is 4.50. The van der Waals surface area contributed by atoms with Gasteiger partial charge in [0.2, 0.25) is 0 Å². The lowest BCUT2D eigenvalue weighted by molar-refractivity contribution is 0.868. The fourth-order valence-electron chi connectivity index (χ4n) is 1.97. The highest BCUT2D eigenvalue weighted by Gasteiger charge is 2.12. The molecule has 2 rings (SSSR count). The van der Waals surface area contributed by atoms with Gasteiger partial charge in [0, 0.05) is 22.8 Å². The Balaban J connectivity index is 2.22. The first-order valence-electron chi connectivity index (χ1n) is 5.88. The van der Waals surface area contributed by atoms with E-state index in [9.17, 15) is 0 Å². The smallest absolute Gasteiger partial charge is 0.0641 e. The van der Waals surface area contributed by atoms with Crippen LogP contribution < -0.4 is 0 Å². The van der Waals surface area contributed by atoms with Gasteiger partial charge < -0.3 is 0 Å². The molecule has 94 valence electrons. The van der Waals surface area contributed by atoms with Crippen LogP contribution in [0.4, 0.5) is 0 Å². The van der Waals surface area contributed by atoms with E-state index in [1.807, 2.05) is 12.3 Å². The van der Waals surface area contributed by atoms with Crippen molar-refractivity contribution < 1.29 is 0 Å². The van der Waals surface area contributed by atoms with E-state index >= 15 is 0 Å². The molecule has 1 aromatic heterocycles. The number of hydrogen-bond acceptors (Lipinski definition) is 1. The molecule has 0 aliphatic carbocycles. The second-order valence-corrected chi connectivity index (χ2v) is 5.94. The number of halogens is 2. The first-order chi connectivity index (χ1) is 8.56. The van der Waals surface area contributed by atoms with E-state index in [4.69, 9.17) is 11.6 Å². The molecule has 0 amide bonds. The van der Waals surface area contributed by atoms with Crippen LogP contribution in [0.3, 0.4) is 0 Å². The van der Waals surface area contributed by atoms with E-state index in [1.54, 1.807) is 0 Å². The predicted octanol–water partition coefficient (Wildman–Crippen LogP) is 4.98. The molecule has 0 saturated carbocycles. The van der Waals surface area contributed by atoms with Gasteiger partial charge in [-0.15, -0.1) is 11.6 Å². The monoisotopic (exact) mass is 323 g/mol. The van der Waals surface area contributed by atoms with Gasteiger partial charge in [-0.25, -0.2) is 0 Å². The molecule has 0 N–H and O–H groups in total. The largest absolute Gasteiger partial charge is 0.261 e. The zero-order valence-electron chi connectivity index (χ0n) is 10.5. The van der Waals surface area contributed by atoms with Gasteiger partial charge in [0.05, 0.1) is 5.38 Å². The standard InChI is InChI=1S/C15H15BrClN/c1-10-6-12(8-13(16)7-10)14(17)9-15-11(2)4-3-5-18-15/h3-8,14H,9H2,1-2H3. The topological polar surface area (TPSA) is 12.9 Å². The van der Waals surface area contributed by atoms with Gasteiger partial charge in [-0.1, -0.05) is 28.1 Å². The Labute approximate surface area is 121 Å². The average molecular weight is 325 g/mol. The molecule has 0 radical (unpaired) electrons. The minimum absolute atomic E-state index is 0.0465. The van der Waals surface area contributed by atoms with Gasteiger partial charge >= 0.3 is 0 Å². The van der Waals surface area contributed by atoms with Crippen molar-refractivity contribution in [3.8, 4) is 0 Å². The molecule has 0 aliphatic heterocycles. The summed E-state index contributed by atoms with van der Waals surface area (Å²) >= 11 is 10.0. The van der Waals surface area contributed by atoms with Crippen molar-refractivity contribution in [1.82, 2.24) is 4.98 Å². The van der Waals surface area contributed by atoms with Crippen LogP contribution in [0.1, 0.15) is 27.8 Å². The Morgan fingerprint density at radius 1 is 1.28 bits per heavy atom. The molecule has 0 spiro atoms. The maximum Gasteiger partial charge on any atom is 0.0641 e. The fourth-order valence-corrected chi connectivity index (χ4v) is 2.86. The van der Waals surface area contributed by atoms with E-state index in [0.717, 1.165) is 22.2 Å². The lowest BCUT2D eigenvalue weighted by atomic mass is 10.0. The first kappa shape index (κ1) is 13.6. The Kier molecular flexibility index (Phi) is 4.41. The summed E-state index contributed by atoms with van der Waals surface area (Å²) in [4.78, 5) is 4.39. The third-order valence-corrected chi connectivity index (χ3v) is 3.78. The fraction of sp³-hybridized carbons (Fsp3) is 0.267. The van der Waals surface area contributed by atoms with Crippen molar-refractivity contribution in [3.05, 3.63) is 63.4 Å². The maximum atomic E-state index is 6.50. The minimum atomic E-state index is -0.0465. The SMILES string of the molecule is Cc1cc(Br)cc(C(Cl)Cc2ncccc2C)c1. The molecule has 18 heavy (non-hydrogen) atoms. The highest BCUT2D eigenvalue weighted by atomic mass is 79.9. The van der Waals surface area contributed by atoms with Gasteiger partial charge in [0.15, 0.2) is 0 Å². The Morgan fingerprint density at radius 2 is 2.06 bits per heavy atom. The Bertz CT molecular complexity index is 534. The number of benzene rings is 1. The molecule has 1 heterocycles. The molecule has 0 bridgehead atoms. The summed E-state index contributed by atoms with van der Waals surface area (Å²) in [5.74, 6) is 0. The van der Waals surface area contributed by atoms with Gasteiger partial charge in [-0.3, -0.25) is 4.98 Å². The summed E-state index contributed by atoms with van der Waals surface area (Å²) in [6, 6.07) is 10.3. The van der Waals surface area contributed by atoms with Crippen LogP contribution >= 0.6 is 27.5 Å². The molecule has 3 heteroatoms. The summed E-state index contributed by atoms with van der Waals surface area (Å²) < 4.78 is 1.07. The summed E-state index contributed by atoms with van der Waals surface area (Å²) in [7, 11) is 0. The molecule has 1 unspecified atom stereocenters. The molecule has 1 atom stereocenters. The van der Waals surface area contributed by atoms with Crippen LogP contribution in [0.5, 0.6) is 0 Å². The van der Waals surface area contributed by atoms with Crippen LogP contribution in [-0.4, -0.2) is 4.98 Å². The second kappa shape index (κ2) is 5.85. The summed E-state index contributed by atoms with van der Waals surface area (Å²) in [6.07, 6.45) is 2.57. The van der Waals surface area contributed by atoms with E-state index in [2.05, 4.69) is 59.0 Å². The lowest BCUT2D eigenvalue weighted by Gasteiger charge is -2.12. The van der Waals surface area contributed by atoms with Crippen molar-refractivity contribution in [3.63, 3.8) is 0 Å². The quantitative estimate of drug-likeness (QED) is 0.725. The number of pyridine rings is 1. The maximum absolute atomic E-state index is 6.50. The average Bonchev–Trinajstić information content (AvgIpc) is 2.31. The van der Waals surface area contributed by atoms with Gasteiger partial charge in [0.25, 0.3) is 0 Å². The number of nitrogens with zero attached hydrogens (tertiary/aromatic N) is 1. The first-order valence-corrected chi connectivity index (χ1v) is 7.11. The van der Waals surface area contributed by atoms with Crippen molar-refractivity contribution in [2.24, 2.45) is 0 Å². The van der Waals surface area contributed by atoms with E-state index in [1.165, 1.54) is 11.1 Å². The van der Waals surface area contributed by atoms with Crippen molar-refractivity contribution in [2.45, 2.75) is 25.6 Å². The molecule has 2 aromatic rings. The Morgan fingerprint density at radius 3 is 2.72 bits per heavy atom. The van der Waals surface area contributed by atoms with E-state index in [-0.39, 0.29) is 5.38 Å². The Hall–Kier alpha value is -0.860. The summed E-state index contributed by atoms with van der Waals surface area (Å²) in [5, 5.41) is -0.0465. The van der Waals surface area contributed by atoms with Gasteiger partial charge in [-0.05, 0) is 48.7 Å². The number of rotatable bonds is 3. The molecule has 1 aromatic carbocycles. The zero-order valence-corrected chi connectivity index (χ0v) is 12.8. The highest BCUT2D eigenvalue weighted by molar-refractivity contribution is 9.10. The highest BCUT2D eigenvalue weighted by Crippen LogP contribution is 2.28. The molecule has 0 aliphatic rings. The van der Waals surface area contributed by atoms with E-state index < -0.39 is 0 Å². The van der Waals surface area contributed by atoms with Crippen molar-refractivity contribution in [2.75, 3.05) is 0 Å². The predicted molar refractivity (Wildman–Crippen MR) is 80.2 cm³/mol. The summed E-state index contributed by atoms with van der Waals surface area (Å²) in [6.45, 7) is 4.14. The number of aryl methyl sites for hydroxylation is 2. The molecule has 0 saturated heterocycles.